The van der Waals surface area contributed by atoms with Crippen molar-refractivity contribution >= 4 is 17.9 Å². The van der Waals surface area contributed by atoms with Crippen LogP contribution in [0, 0.1) is 11.8 Å². The number of aliphatic hydroxyl groups excluding tert-OH is 2. The quantitative estimate of drug-likeness (QED) is 0.146. The molecule has 11 heteroatoms. The summed E-state index contributed by atoms with van der Waals surface area (Å²) in [5.41, 5.74) is 4.07. The van der Waals surface area contributed by atoms with Gasteiger partial charge in [0.15, 0.2) is 5.60 Å². The molecule has 210 valence electrons. The zero-order valence-electron chi connectivity index (χ0n) is 22.4. The molecule has 11 nitrogen and oxygen atoms in total. The van der Waals surface area contributed by atoms with E-state index in [0.29, 0.717) is 23.9 Å². The third-order valence-electron chi connectivity index (χ3n) is 6.60. The third-order valence-corrected chi connectivity index (χ3v) is 6.60. The van der Waals surface area contributed by atoms with E-state index in [4.69, 9.17) is 15.2 Å². The van der Waals surface area contributed by atoms with Crippen LogP contribution in [0.15, 0.2) is 0 Å². The molecule has 1 aliphatic carbocycles. The monoisotopic (exact) mass is 519 g/mol. The normalized spacial score (nSPS) is 18.9. The molecule has 0 amide bonds. The van der Waals surface area contributed by atoms with Crippen LogP contribution in [-0.2, 0) is 23.9 Å². The third kappa shape index (κ3) is 10.7. The van der Waals surface area contributed by atoms with Crippen molar-refractivity contribution in [3.05, 3.63) is 0 Å². The maximum atomic E-state index is 13.3. The summed E-state index contributed by atoms with van der Waals surface area (Å²) in [6, 6.07) is -1.18. The Labute approximate surface area is 214 Å². The van der Waals surface area contributed by atoms with E-state index in [1.54, 1.807) is 0 Å². The largest absolute Gasteiger partial charge is 0.481 e. The minimum absolute atomic E-state index is 0.0669. The van der Waals surface area contributed by atoms with Crippen LogP contribution < -0.4 is 5.73 Å². The molecule has 0 spiro atoms. The highest BCUT2D eigenvalue weighted by molar-refractivity contribution is 5.89. The van der Waals surface area contributed by atoms with E-state index in [2.05, 4.69) is 0 Å². The Kier molecular flexibility index (Phi) is 12.7. The van der Waals surface area contributed by atoms with Gasteiger partial charge >= 0.3 is 17.9 Å². The van der Waals surface area contributed by atoms with Gasteiger partial charge in [0.2, 0.25) is 0 Å². The molecule has 1 unspecified atom stereocenters. The lowest BCUT2D eigenvalue weighted by Gasteiger charge is -2.42. The van der Waals surface area contributed by atoms with Gasteiger partial charge < -0.3 is 40.1 Å². The number of nitrogens with two attached hydrogens (primary N) is 1. The van der Waals surface area contributed by atoms with E-state index in [1.165, 1.54) is 0 Å². The first-order valence-electron chi connectivity index (χ1n) is 12.8. The second kappa shape index (κ2) is 14.2. The highest BCUT2D eigenvalue weighted by atomic mass is 16.6. The summed E-state index contributed by atoms with van der Waals surface area (Å²) in [6.07, 6.45) is -1.27. The minimum atomic E-state index is -2.34. The first-order valence-corrected chi connectivity index (χ1v) is 12.8. The standard InChI is InChI=1S/C25H46N2O9/c1-16(2)13-18(28)22(33)21(26)23(17-9-7-6-8-10-17)36-25(14-19(29)30,15-20(31)32)24(34)35-12-11-27(3,4)5/h16-18,21-23,28,33H,6-15,26H2,1-5H3,(H-,29,30,31,32)/p+1/t18-,21+,22-,23?/m0/s1. The van der Waals surface area contributed by atoms with Crippen LogP contribution in [0.25, 0.3) is 0 Å². The molecule has 0 aromatic carbocycles. The summed E-state index contributed by atoms with van der Waals surface area (Å²) in [4.78, 5) is 36.9. The fourth-order valence-corrected chi connectivity index (χ4v) is 4.66. The maximum absolute atomic E-state index is 13.3. The summed E-state index contributed by atoms with van der Waals surface area (Å²) in [5.74, 6) is -4.14. The smallest absolute Gasteiger partial charge is 0.339 e. The van der Waals surface area contributed by atoms with Gasteiger partial charge in [-0.05, 0) is 31.1 Å². The molecule has 4 atom stereocenters. The Hall–Kier alpha value is -1.79. The Morgan fingerprint density at radius 1 is 1.00 bits per heavy atom. The SMILES string of the molecule is CC(C)C[C@H](O)[C@H](O)[C@@H](N)C(OC(CC(=O)O)(CC(=O)O)C(=O)OCC[N+](C)(C)C)C1CCCCC1. The first-order chi connectivity index (χ1) is 16.6. The van der Waals surface area contributed by atoms with Crippen molar-refractivity contribution in [2.75, 3.05) is 34.3 Å². The molecule has 1 saturated carbocycles. The molecule has 0 aliphatic heterocycles. The highest BCUT2D eigenvalue weighted by Crippen LogP contribution is 2.36. The Balaban J connectivity index is 3.39. The molecule has 36 heavy (non-hydrogen) atoms. The molecular formula is C25H47N2O9+. The Morgan fingerprint density at radius 3 is 1.97 bits per heavy atom. The molecule has 0 saturated heterocycles. The lowest BCUT2D eigenvalue weighted by atomic mass is 9.79. The van der Waals surface area contributed by atoms with Crippen LogP contribution in [0.3, 0.4) is 0 Å². The van der Waals surface area contributed by atoms with Gasteiger partial charge in [-0.3, -0.25) is 9.59 Å². The Bertz CT molecular complexity index is 701. The number of carboxylic acids is 2. The summed E-state index contributed by atoms with van der Waals surface area (Å²) < 4.78 is 12.0. The number of hydrogen-bond acceptors (Lipinski definition) is 8. The zero-order chi connectivity index (χ0) is 27.7. The number of carbonyl (C=O) groups is 3. The van der Waals surface area contributed by atoms with Crippen LogP contribution in [-0.4, -0.2) is 107 Å². The number of rotatable bonds is 16. The van der Waals surface area contributed by atoms with Gasteiger partial charge in [-0.2, -0.15) is 0 Å². The molecule has 1 fully saturated rings. The van der Waals surface area contributed by atoms with Crippen LogP contribution in [0.2, 0.25) is 0 Å². The number of carbonyl (C=O) groups excluding carboxylic acids is 1. The van der Waals surface area contributed by atoms with Gasteiger partial charge in [0.1, 0.15) is 13.2 Å². The lowest BCUT2D eigenvalue weighted by molar-refractivity contribution is -0.870. The summed E-state index contributed by atoms with van der Waals surface area (Å²) >= 11 is 0. The number of hydrogen-bond donors (Lipinski definition) is 5. The van der Waals surface area contributed by atoms with Crippen molar-refractivity contribution in [1.29, 1.82) is 0 Å². The van der Waals surface area contributed by atoms with Gasteiger partial charge in [0, 0.05) is 0 Å². The predicted molar refractivity (Wildman–Crippen MR) is 132 cm³/mol. The maximum Gasteiger partial charge on any atom is 0.339 e. The minimum Gasteiger partial charge on any atom is -0.481 e. The van der Waals surface area contributed by atoms with Crippen molar-refractivity contribution in [2.24, 2.45) is 17.6 Å². The van der Waals surface area contributed by atoms with Crippen LogP contribution >= 0.6 is 0 Å². The van der Waals surface area contributed by atoms with E-state index in [9.17, 15) is 34.8 Å². The second-order valence-electron chi connectivity index (χ2n) is 11.5. The predicted octanol–water partition coefficient (Wildman–Crippen LogP) is 0.985. The van der Waals surface area contributed by atoms with Gasteiger partial charge in [0.05, 0.1) is 58.3 Å². The average Bonchev–Trinajstić information content (AvgIpc) is 2.74. The second-order valence-corrected chi connectivity index (χ2v) is 11.5. The number of aliphatic hydroxyl groups is 2. The molecule has 1 aliphatic rings. The van der Waals surface area contributed by atoms with Gasteiger partial charge in [-0.15, -0.1) is 0 Å². The van der Waals surface area contributed by atoms with Gasteiger partial charge in [-0.1, -0.05) is 33.1 Å². The molecule has 1 rings (SSSR count). The van der Waals surface area contributed by atoms with Crippen molar-refractivity contribution < 1.29 is 48.8 Å². The number of carboxylic acid groups (broad SMARTS) is 2. The fourth-order valence-electron chi connectivity index (χ4n) is 4.66. The molecule has 0 radical (unpaired) electrons. The van der Waals surface area contributed by atoms with Crippen molar-refractivity contribution in [1.82, 2.24) is 0 Å². The van der Waals surface area contributed by atoms with Crippen LogP contribution in [0.1, 0.15) is 65.2 Å². The van der Waals surface area contributed by atoms with Crippen molar-refractivity contribution in [2.45, 2.75) is 95.2 Å². The molecule has 6 N–H and O–H groups in total. The number of aliphatic carboxylic acids is 2. The van der Waals surface area contributed by atoms with Gasteiger partial charge in [0.25, 0.3) is 0 Å². The molecule has 0 aromatic heterocycles. The average molecular weight is 520 g/mol. The topological polar surface area (TPSA) is 177 Å². The first kappa shape index (κ1) is 32.2. The number of ether oxygens (including phenoxy) is 2. The van der Waals surface area contributed by atoms with Crippen molar-refractivity contribution in [3.63, 3.8) is 0 Å². The number of likely N-dealkylation sites (N-methyl/N-ethyl adjacent to an activating group) is 1. The van der Waals surface area contributed by atoms with E-state index in [1.807, 2.05) is 35.0 Å². The Morgan fingerprint density at radius 2 is 1.53 bits per heavy atom. The zero-order valence-corrected chi connectivity index (χ0v) is 22.4. The fraction of sp³-hybridized carbons (Fsp3) is 0.880. The summed E-state index contributed by atoms with van der Waals surface area (Å²) in [7, 11) is 5.65. The van der Waals surface area contributed by atoms with Gasteiger partial charge in [-0.25, -0.2) is 4.79 Å². The summed E-state index contributed by atoms with van der Waals surface area (Å²) in [6.45, 7) is 4.11. The molecule has 0 aromatic rings. The van der Waals surface area contributed by atoms with Crippen LogP contribution in [0.5, 0.6) is 0 Å². The van der Waals surface area contributed by atoms with E-state index in [-0.39, 0.29) is 24.9 Å². The van der Waals surface area contributed by atoms with E-state index >= 15 is 0 Å². The molecular weight excluding hydrogens is 472 g/mol. The van der Waals surface area contributed by atoms with E-state index in [0.717, 1.165) is 19.3 Å². The number of quaternary nitrogens is 1. The highest BCUT2D eigenvalue weighted by Gasteiger charge is 2.50. The number of nitrogens with zero attached hydrogens (tertiary/aromatic N) is 1. The molecule has 0 heterocycles. The lowest BCUT2D eigenvalue weighted by Crippen LogP contribution is -2.59. The van der Waals surface area contributed by atoms with Crippen LogP contribution in [0.4, 0.5) is 0 Å². The van der Waals surface area contributed by atoms with Crippen molar-refractivity contribution in [3.8, 4) is 0 Å². The molecule has 0 bridgehead atoms. The summed E-state index contributed by atoms with van der Waals surface area (Å²) in [5, 5.41) is 40.6. The number of esters is 1. The van der Waals surface area contributed by atoms with E-state index < -0.39 is 60.7 Å².